The van der Waals surface area contributed by atoms with E-state index in [-0.39, 0.29) is 12.0 Å². The second-order valence-corrected chi connectivity index (χ2v) is 5.40. The largest absolute Gasteiger partial charge is 0.376 e. The summed E-state index contributed by atoms with van der Waals surface area (Å²) < 4.78 is 11.1. The van der Waals surface area contributed by atoms with Crippen molar-refractivity contribution in [3.63, 3.8) is 0 Å². The first-order valence-corrected chi connectivity index (χ1v) is 7.17. The summed E-state index contributed by atoms with van der Waals surface area (Å²) in [5.74, 6) is -0.119. The Morgan fingerprint density at radius 3 is 2.90 bits per heavy atom. The fourth-order valence-corrected chi connectivity index (χ4v) is 2.17. The van der Waals surface area contributed by atoms with Gasteiger partial charge in [-0.3, -0.25) is 4.79 Å². The lowest BCUT2D eigenvalue weighted by Gasteiger charge is -2.16. The zero-order chi connectivity index (χ0) is 14.5. The summed E-state index contributed by atoms with van der Waals surface area (Å²) in [6, 6.07) is 5.88. The van der Waals surface area contributed by atoms with E-state index < -0.39 is 6.10 Å². The van der Waals surface area contributed by atoms with Gasteiger partial charge in [-0.05, 0) is 56.9 Å². The van der Waals surface area contributed by atoms with Crippen LogP contribution in [0.3, 0.4) is 0 Å². The zero-order valence-corrected chi connectivity index (χ0v) is 12.4. The van der Waals surface area contributed by atoms with Crippen LogP contribution in [0, 0.1) is 13.8 Å². The maximum atomic E-state index is 12.0. The van der Waals surface area contributed by atoms with Crippen molar-refractivity contribution in [2.45, 2.75) is 45.8 Å². The van der Waals surface area contributed by atoms with Crippen molar-refractivity contribution in [2.75, 3.05) is 18.5 Å². The number of aryl methyl sites for hydroxylation is 2. The normalized spacial score (nSPS) is 19.9. The highest BCUT2D eigenvalue weighted by Gasteiger charge is 2.19. The van der Waals surface area contributed by atoms with Gasteiger partial charge in [0.25, 0.3) is 5.91 Å². The summed E-state index contributed by atoms with van der Waals surface area (Å²) in [6.07, 6.45) is 1.77. The molecule has 20 heavy (non-hydrogen) atoms. The number of carbonyl (C=O) groups is 1. The predicted molar refractivity (Wildman–Crippen MR) is 78.9 cm³/mol. The lowest BCUT2D eigenvalue weighted by molar-refractivity contribution is -0.128. The molecular weight excluding hydrogens is 254 g/mol. The van der Waals surface area contributed by atoms with Gasteiger partial charge in [0.1, 0.15) is 6.10 Å². The van der Waals surface area contributed by atoms with E-state index >= 15 is 0 Å². The molecule has 0 radical (unpaired) electrons. The van der Waals surface area contributed by atoms with Gasteiger partial charge < -0.3 is 14.8 Å². The zero-order valence-electron chi connectivity index (χ0n) is 12.4. The number of benzene rings is 1. The van der Waals surface area contributed by atoms with E-state index in [0.29, 0.717) is 6.61 Å². The summed E-state index contributed by atoms with van der Waals surface area (Å²) in [7, 11) is 0. The topological polar surface area (TPSA) is 47.6 Å². The van der Waals surface area contributed by atoms with Gasteiger partial charge in [0.2, 0.25) is 0 Å². The van der Waals surface area contributed by atoms with E-state index in [1.54, 1.807) is 6.92 Å². The predicted octanol–water partition coefficient (Wildman–Crippen LogP) is 2.83. The fourth-order valence-electron chi connectivity index (χ4n) is 2.17. The molecule has 2 rings (SSSR count). The fraction of sp³-hybridized carbons (Fsp3) is 0.562. The molecule has 1 aliphatic heterocycles. The van der Waals surface area contributed by atoms with Crippen LogP contribution in [-0.2, 0) is 14.3 Å². The van der Waals surface area contributed by atoms with Crippen molar-refractivity contribution in [2.24, 2.45) is 0 Å². The van der Waals surface area contributed by atoms with Crippen LogP contribution in [0.5, 0.6) is 0 Å². The van der Waals surface area contributed by atoms with Crippen molar-refractivity contribution >= 4 is 11.6 Å². The average Bonchev–Trinajstić information content (AvgIpc) is 2.93. The van der Waals surface area contributed by atoms with E-state index in [0.717, 1.165) is 30.7 Å². The third-order valence-electron chi connectivity index (χ3n) is 3.70. The summed E-state index contributed by atoms with van der Waals surface area (Å²) in [5, 5.41) is 2.88. The van der Waals surface area contributed by atoms with Gasteiger partial charge >= 0.3 is 0 Å². The Bertz CT molecular complexity index is 467. The molecule has 1 fully saturated rings. The van der Waals surface area contributed by atoms with Gasteiger partial charge in [-0.15, -0.1) is 0 Å². The molecule has 1 heterocycles. The summed E-state index contributed by atoms with van der Waals surface area (Å²) >= 11 is 0. The lowest BCUT2D eigenvalue weighted by Crippen LogP contribution is -2.30. The molecule has 1 aliphatic rings. The Morgan fingerprint density at radius 1 is 1.45 bits per heavy atom. The Kier molecular flexibility index (Phi) is 5.15. The Morgan fingerprint density at radius 2 is 2.25 bits per heavy atom. The van der Waals surface area contributed by atoms with Crippen molar-refractivity contribution < 1.29 is 14.3 Å². The molecule has 2 atom stereocenters. The minimum atomic E-state index is -0.471. The molecule has 4 heteroatoms. The van der Waals surface area contributed by atoms with Gasteiger partial charge in [0.05, 0.1) is 12.7 Å². The maximum Gasteiger partial charge on any atom is 0.253 e. The Labute approximate surface area is 120 Å². The van der Waals surface area contributed by atoms with Crippen LogP contribution in [0.25, 0.3) is 0 Å². The second-order valence-electron chi connectivity index (χ2n) is 5.40. The Balaban J connectivity index is 1.81. The first-order valence-electron chi connectivity index (χ1n) is 7.17. The minimum Gasteiger partial charge on any atom is -0.376 e. The first kappa shape index (κ1) is 15.0. The molecule has 1 amide bonds. The van der Waals surface area contributed by atoms with E-state index in [2.05, 4.69) is 5.32 Å². The van der Waals surface area contributed by atoms with Crippen molar-refractivity contribution in [3.8, 4) is 0 Å². The number of rotatable bonds is 5. The number of anilines is 1. The molecule has 4 nitrogen and oxygen atoms in total. The molecule has 110 valence electrons. The lowest BCUT2D eigenvalue weighted by atomic mass is 10.1. The summed E-state index contributed by atoms with van der Waals surface area (Å²) in [5.41, 5.74) is 3.19. The summed E-state index contributed by atoms with van der Waals surface area (Å²) in [4.78, 5) is 12.0. The quantitative estimate of drug-likeness (QED) is 0.900. The second kappa shape index (κ2) is 6.86. The van der Waals surface area contributed by atoms with Crippen LogP contribution in [0.4, 0.5) is 5.69 Å². The number of hydrogen-bond donors (Lipinski definition) is 1. The molecule has 1 aromatic rings. The monoisotopic (exact) mass is 277 g/mol. The number of carbonyl (C=O) groups excluding carboxylic acids is 1. The standard InChI is InChI=1S/C16H23NO3/c1-11-6-7-14(9-12(11)2)17-16(18)13(3)20-10-15-5-4-8-19-15/h6-7,9,13,15H,4-5,8,10H2,1-3H3,(H,17,18)/t13-,15+/m0/s1. The number of ether oxygens (including phenoxy) is 2. The van der Waals surface area contributed by atoms with E-state index in [9.17, 15) is 4.79 Å². The first-order chi connectivity index (χ1) is 9.56. The number of hydrogen-bond acceptors (Lipinski definition) is 3. The molecule has 0 unspecified atom stereocenters. The molecule has 0 spiro atoms. The average molecular weight is 277 g/mol. The minimum absolute atomic E-state index is 0.119. The van der Waals surface area contributed by atoms with Gasteiger partial charge in [-0.25, -0.2) is 0 Å². The third kappa shape index (κ3) is 4.05. The van der Waals surface area contributed by atoms with Gasteiger partial charge in [-0.2, -0.15) is 0 Å². The van der Waals surface area contributed by atoms with Crippen LogP contribution < -0.4 is 5.32 Å². The summed E-state index contributed by atoms with van der Waals surface area (Å²) in [6.45, 7) is 7.14. The highest BCUT2D eigenvalue weighted by atomic mass is 16.5. The molecule has 0 aliphatic carbocycles. The van der Waals surface area contributed by atoms with Crippen LogP contribution in [0.1, 0.15) is 30.9 Å². The van der Waals surface area contributed by atoms with Crippen LogP contribution in [-0.4, -0.2) is 31.3 Å². The highest BCUT2D eigenvalue weighted by Crippen LogP contribution is 2.16. The molecule has 0 saturated carbocycles. The molecule has 1 N–H and O–H groups in total. The van der Waals surface area contributed by atoms with Crippen molar-refractivity contribution in [1.82, 2.24) is 0 Å². The van der Waals surface area contributed by atoms with E-state index in [4.69, 9.17) is 9.47 Å². The van der Waals surface area contributed by atoms with Crippen LogP contribution in [0.15, 0.2) is 18.2 Å². The molecule has 1 aromatic carbocycles. The van der Waals surface area contributed by atoms with E-state index in [1.165, 1.54) is 5.56 Å². The smallest absolute Gasteiger partial charge is 0.253 e. The molecule has 0 bridgehead atoms. The SMILES string of the molecule is Cc1ccc(NC(=O)[C@H](C)OC[C@H]2CCCO2)cc1C. The van der Waals surface area contributed by atoms with Crippen LogP contribution >= 0.6 is 0 Å². The number of nitrogens with one attached hydrogen (secondary N) is 1. The van der Waals surface area contributed by atoms with Gasteiger partial charge in [0, 0.05) is 12.3 Å². The maximum absolute atomic E-state index is 12.0. The highest BCUT2D eigenvalue weighted by molar-refractivity contribution is 5.94. The molecule has 0 aromatic heterocycles. The van der Waals surface area contributed by atoms with Gasteiger partial charge in [-0.1, -0.05) is 6.07 Å². The van der Waals surface area contributed by atoms with Crippen LogP contribution in [0.2, 0.25) is 0 Å². The van der Waals surface area contributed by atoms with E-state index in [1.807, 2.05) is 32.0 Å². The van der Waals surface area contributed by atoms with Gasteiger partial charge in [0.15, 0.2) is 0 Å². The number of amides is 1. The van der Waals surface area contributed by atoms with Crippen molar-refractivity contribution in [1.29, 1.82) is 0 Å². The Hall–Kier alpha value is -1.39. The third-order valence-corrected chi connectivity index (χ3v) is 3.70. The molecule has 1 saturated heterocycles. The molecular formula is C16H23NO3. The van der Waals surface area contributed by atoms with Crippen molar-refractivity contribution in [3.05, 3.63) is 29.3 Å².